The van der Waals surface area contributed by atoms with E-state index in [0.717, 1.165) is 6.07 Å². The van der Waals surface area contributed by atoms with Crippen molar-refractivity contribution in [3.05, 3.63) is 23.4 Å². The van der Waals surface area contributed by atoms with Crippen molar-refractivity contribution in [1.82, 2.24) is 4.98 Å². The molecule has 0 aliphatic rings. The Morgan fingerprint density at radius 2 is 2.25 bits per heavy atom. The summed E-state index contributed by atoms with van der Waals surface area (Å²) in [6, 6.07) is 0.941. The van der Waals surface area contributed by atoms with Crippen molar-refractivity contribution in [3.8, 4) is 0 Å². The van der Waals surface area contributed by atoms with Gasteiger partial charge in [-0.15, -0.1) is 0 Å². The second-order valence-electron chi connectivity index (χ2n) is 3.11. The molecule has 0 spiro atoms. The molecule has 0 aromatic carbocycles. The van der Waals surface area contributed by atoms with E-state index in [9.17, 15) is 13.6 Å². The highest BCUT2D eigenvalue weighted by Gasteiger charge is 2.11. The zero-order valence-electron chi connectivity index (χ0n) is 8.80. The van der Waals surface area contributed by atoms with Crippen LogP contribution in [0.15, 0.2) is 6.07 Å². The van der Waals surface area contributed by atoms with E-state index >= 15 is 0 Å². The first-order valence-electron chi connectivity index (χ1n) is 4.80. The lowest BCUT2D eigenvalue weighted by molar-refractivity contribution is -0.143. The Morgan fingerprint density at radius 3 is 2.88 bits per heavy atom. The SMILES string of the molecule is CCOC(=O)CCc1cc(F)c(N)nc1F. The first-order chi connectivity index (χ1) is 7.54. The van der Waals surface area contributed by atoms with Crippen molar-refractivity contribution in [2.24, 2.45) is 0 Å². The predicted octanol–water partition coefficient (Wildman–Crippen LogP) is 1.44. The highest BCUT2D eigenvalue weighted by Crippen LogP contribution is 2.14. The van der Waals surface area contributed by atoms with Crippen LogP contribution in [0.4, 0.5) is 14.6 Å². The highest BCUT2D eigenvalue weighted by molar-refractivity contribution is 5.69. The minimum absolute atomic E-state index is 0.0137. The van der Waals surface area contributed by atoms with Crippen molar-refractivity contribution in [2.75, 3.05) is 12.3 Å². The van der Waals surface area contributed by atoms with Crippen molar-refractivity contribution in [2.45, 2.75) is 19.8 Å². The molecule has 0 saturated carbocycles. The molecule has 0 fully saturated rings. The second kappa shape index (κ2) is 5.39. The Hall–Kier alpha value is -1.72. The molecule has 0 saturated heterocycles. The van der Waals surface area contributed by atoms with Crippen LogP contribution in [0.3, 0.4) is 0 Å². The van der Waals surface area contributed by atoms with E-state index in [0.29, 0.717) is 0 Å². The van der Waals surface area contributed by atoms with E-state index in [4.69, 9.17) is 5.73 Å². The number of aryl methyl sites for hydroxylation is 1. The number of anilines is 1. The van der Waals surface area contributed by atoms with Gasteiger partial charge in [0.25, 0.3) is 0 Å². The number of esters is 1. The molecule has 1 heterocycles. The number of hydrogen-bond donors (Lipinski definition) is 1. The van der Waals surface area contributed by atoms with Crippen LogP contribution in [0, 0.1) is 11.8 Å². The molecule has 16 heavy (non-hydrogen) atoms. The number of nitrogen functional groups attached to an aromatic ring is 1. The number of nitrogens with two attached hydrogens (primary N) is 1. The van der Waals surface area contributed by atoms with Gasteiger partial charge in [-0.05, 0) is 19.4 Å². The standard InChI is InChI=1S/C10H12F2N2O2/c1-2-16-8(15)4-3-6-5-7(11)10(13)14-9(6)12/h5H,2-4H2,1H3,(H2,13,14). The van der Waals surface area contributed by atoms with Crippen molar-refractivity contribution in [3.63, 3.8) is 0 Å². The van der Waals surface area contributed by atoms with E-state index in [1.54, 1.807) is 6.92 Å². The Kier molecular flexibility index (Phi) is 4.16. The van der Waals surface area contributed by atoms with Crippen LogP contribution >= 0.6 is 0 Å². The predicted molar refractivity (Wildman–Crippen MR) is 53.5 cm³/mol. The van der Waals surface area contributed by atoms with Gasteiger partial charge in [0.1, 0.15) is 0 Å². The number of pyridine rings is 1. The lowest BCUT2D eigenvalue weighted by Gasteiger charge is -2.04. The van der Waals surface area contributed by atoms with Crippen molar-refractivity contribution >= 4 is 11.8 Å². The monoisotopic (exact) mass is 230 g/mol. The van der Waals surface area contributed by atoms with Gasteiger partial charge in [-0.2, -0.15) is 9.37 Å². The maximum Gasteiger partial charge on any atom is 0.306 e. The largest absolute Gasteiger partial charge is 0.466 e. The van der Waals surface area contributed by atoms with Crippen molar-refractivity contribution < 1.29 is 18.3 Å². The molecule has 0 radical (unpaired) electrons. The summed E-state index contributed by atoms with van der Waals surface area (Å²) in [4.78, 5) is 14.2. The van der Waals surface area contributed by atoms with E-state index in [-0.39, 0.29) is 25.0 Å². The van der Waals surface area contributed by atoms with Gasteiger partial charge in [-0.1, -0.05) is 0 Å². The summed E-state index contributed by atoms with van der Waals surface area (Å²) < 4.78 is 30.8. The Bertz CT molecular complexity index is 397. The van der Waals surface area contributed by atoms with Crippen LogP contribution in [0.1, 0.15) is 18.9 Å². The zero-order chi connectivity index (χ0) is 12.1. The average molecular weight is 230 g/mol. The fourth-order valence-electron chi connectivity index (χ4n) is 1.16. The number of carbonyl (C=O) groups is 1. The fraction of sp³-hybridized carbons (Fsp3) is 0.400. The topological polar surface area (TPSA) is 65.2 Å². The smallest absolute Gasteiger partial charge is 0.306 e. The normalized spacial score (nSPS) is 10.2. The molecule has 1 aromatic rings. The van der Waals surface area contributed by atoms with Crippen LogP contribution in [-0.4, -0.2) is 17.6 Å². The molecule has 0 amide bonds. The molecule has 88 valence electrons. The summed E-state index contributed by atoms with van der Waals surface area (Å²) in [6.45, 7) is 1.93. The molecular weight excluding hydrogens is 218 g/mol. The first kappa shape index (κ1) is 12.4. The van der Waals surface area contributed by atoms with Gasteiger partial charge in [0.2, 0.25) is 5.95 Å². The number of aromatic nitrogens is 1. The van der Waals surface area contributed by atoms with E-state index in [1.165, 1.54) is 0 Å². The van der Waals surface area contributed by atoms with Crippen LogP contribution in [0.2, 0.25) is 0 Å². The molecule has 0 bridgehead atoms. The molecule has 2 N–H and O–H groups in total. The Balaban J connectivity index is 2.67. The third kappa shape index (κ3) is 3.15. The quantitative estimate of drug-likeness (QED) is 0.627. The Morgan fingerprint density at radius 1 is 1.56 bits per heavy atom. The van der Waals surface area contributed by atoms with Crippen LogP contribution in [0.5, 0.6) is 0 Å². The molecule has 6 heteroatoms. The number of ether oxygens (including phenoxy) is 1. The summed E-state index contributed by atoms with van der Waals surface area (Å²) >= 11 is 0. The van der Waals surface area contributed by atoms with E-state index in [2.05, 4.69) is 9.72 Å². The zero-order valence-corrected chi connectivity index (χ0v) is 8.80. The second-order valence-corrected chi connectivity index (χ2v) is 3.11. The van der Waals surface area contributed by atoms with Gasteiger partial charge in [0, 0.05) is 12.0 Å². The number of nitrogens with zero attached hydrogens (tertiary/aromatic N) is 1. The molecule has 4 nitrogen and oxygen atoms in total. The minimum atomic E-state index is -0.858. The number of hydrogen-bond acceptors (Lipinski definition) is 4. The maximum absolute atomic E-state index is 13.2. The summed E-state index contributed by atoms with van der Waals surface area (Å²) in [6.07, 6.45) is 0.0185. The molecule has 0 aliphatic carbocycles. The molecule has 1 rings (SSSR count). The lowest BCUT2D eigenvalue weighted by Crippen LogP contribution is -2.08. The van der Waals surface area contributed by atoms with Gasteiger partial charge in [-0.3, -0.25) is 4.79 Å². The Labute approximate surface area is 91.4 Å². The highest BCUT2D eigenvalue weighted by atomic mass is 19.1. The number of rotatable bonds is 4. The lowest BCUT2D eigenvalue weighted by atomic mass is 10.1. The summed E-state index contributed by atoms with van der Waals surface area (Å²) in [5, 5.41) is 0. The van der Waals surface area contributed by atoms with E-state index < -0.39 is 23.6 Å². The molecule has 0 aliphatic heterocycles. The first-order valence-corrected chi connectivity index (χ1v) is 4.80. The number of halogens is 2. The number of carbonyl (C=O) groups excluding carboxylic acids is 1. The average Bonchev–Trinajstić information content (AvgIpc) is 2.22. The summed E-state index contributed by atoms with van der Waals surface area (Å²) in [5.41, 5.74) is 5.09. The summed E-state index contributed by atoms with van der Waals surface area (Å²) in [7, 11) is 0. The van der Waals surface area contributed by atoms with E-state index in [1.807, 2.05) is 0 Å². The van der Waals surface area contributed by atoms with Crippen molar-refractivity contribution in [1.29, 1.82) is 0 Å². The van der Waals surface area contributed by atoms with Gasteiger partial charge < -0.3 is 10.5 Å². The van der Waals surface area contributed by atoms with Crippen LogP contribution in [0.25, 0.3) is 0 Å². The van der Waals surface area contributed by atoms with Crippen LogP contribution in [-0.2, 0) is 16.0 Å². The van der Waals surface area contributed by atoms with Gasteiger partial charge in [0.15, 0.2) is 11.6 Å². The van der Waals surface area contributed by atoms with Gasteiger partial charge in [-0.25, -0.2) is 4.39 Å². The van der Waals surface area contributed by atoms with Gasteiger partial charge >= 0.3 is 5.97 Å². The molecule has 0 unspecified atom stereocenters. The van der Waals surface area contributed by atoms with Gasteiger partial charge in [0.05, 0.1) is 6.61 Å². The van der Waals surface area contributed by atoms with Crippen LogP contribution < -0.4 is 5.73 Å². The third-order valence-electron chi connectivity index (χ3n) is 1.93. The fourth-order valence-corrected chi connectivity index (χ4v) is 1.16. The molecule has 0 atom stereocenters. The minimum Gasteiger partial charge on any atom is -0.466 e. The molecule has 1 aromatic heterocycles. The third-order valence-corrected chi connectivity index (χ3v) is 1.93. The molecular formula is C10H12F2N2O2. The summed E-state index contributed by atoms with van der Waals surface area (Å²) in [5.74, 6) is -2.60. The maximum atomic E-state index is 13.2.